The van der Waals surface area contributed by atoms with Gasteiger partial charge in [-0.2, -0.15) is 0 Å². The molecule has 0 saturated heterocycles. The Morgan fingerprint density at radius 1 is 1.75 bits per heavy atom. The molecule has 0 aliphatic heterocycles. The van der Waals surface area contributed by atoms with Gasteiger partial charge in [0.15, 0.2) is 8.03 Å². The van der Waals surface area contributed by atoms with Crippen molar-refractivity contribution in [3.63, 3.8) is 0 Å². The van der Waals surface area contributed by atoms with Gasteiger partial charge in [-0.3, -0.25) is 9.36 Å². The molecule has 12 heavy (non-hydrogen) atoms. The van der Waals surface area contributed by atoms with Crippen molar-refractivity contribution in [2.24, 2.45) is 5.73 Å². The van der Waals surface area contributed by atoms with Gasteiger partial charge >= 0.3 is 0 Å². The molecule has 0 aromatic rings. The predicted molar refractivity (Wildman–Crippen MR) is 49.5 cm³/mol. The minimum absolute atomic E-state index is 0.0903. The lowest BCUT2D eigenvalue weighted by Crippen LogP contribution is -2.37. The van der Waals surface area contributed by atoms with Crippen LogP contribution in [0, 0.1) is 0 Å². The number of rotatable bonds is 2. The molecule has 0 radical (unpaired) electrons. The highest BCUT2D eigenvalue weighted by molar-refractivity contribution is 7.36. The Balaban J connectivity index is 0. The van der Waals surface area contributed by atoms with Gasteiger partial charge in [-0.15, -0.1) is 0 Å². The van der Waals surface area contributed by atoms with Crippen molar-refractivity contribution in [1.82, 2.24) is 5.32 Å². The third kappa shape index (κ3) is 16.3. The van der Waals surface area contributed by atoms with Gasteiger partial charge in [0.2, 0.25) is 5.91 Å². The summed E-state index contributed by atoms with van der Waals surface area (Å²) in [5.74, 6) is -0.0903. The summed E-state index contributed by atoms with van der Waals surface area (Å²) in [7, 11) is -2.13. The summed E-state index contributed by atoms with van der Waals surface area (Å²) in [4.78, 5) is 18.1. The second-order valence-electron chi connectivity index (χ2n) is 2.20. The summed E-state index contributed by atoms with van der Waals surface area (Å²) in [6, 6.07) is -0.380. The zero-order valence-electron chi connectivity index (χ0n) is 7.63. The van der Waals surface area contributed by atoms with E-state index in [-0.39, 0.29) is 11.9 Å². The average molecular weight is 196 g/mol. The lowest BCUT2D eigenvalue weighted by atomic mass is 10.3. The second-order valence-corrected chi connectivity index (χ2v) is 3.24. The van der Waals surface area contributed by atoms with Gasteiger partial charge in [-0.1, -0.05) is 0 Å². The van der Waals surface area contributed by atoms with Gasteiger partial charge in [0.1, 0.15) is 0 Å². The normalized spacial score (nSPS) is 13.8. The van der Waals surface area contributed by atoms with Crippen LogP contribution >= 0.6 is 8.03 Å². The van der Waals surface area contributed by atoms with Crippen molar-refractivity contribution in [2.75, 3.05) is 13.2 Å². The summed E-state index contributed by atoms with van der Waals surface area (Å²) >= 11 is 0. The monoisotopic (exact) mass is 196 g/mol. The molecule has 0 aliphatic rings. The van der Waals surface area contributed by atoms with Crippen molar-refractivity contribution in [3.05, 3.63) is 0 Å². The van der Waals surface area contributed by atoms with Crippen LogP contribution in [0.25, 0.3) is 0 Å². The van der Waals surface area contributed by atoms with Gasteiger partial charge in [-0.25, -0.2) is 0 Å². The number of amides is 1. The lowest BCUT2D eigenvalue weighted by Gasteiger charge is -2.02. The summed E-state index contributed by atoms with van der Waals surface area (Å²) < 4.78 is 9.19. The number of nitrogens with one attached hydrogen (secondary N) is 1. The zero-order chi connectivity index (χ0) is 10.1. The first-order valence-electron chi connectivity index (χ1n) is 3.64. The Kier molecular flexibility index (Phi) is 10.3. The minimum atomic E-state index is -2.13. The highest BCUT2D eigenvalue weighted by atomic mass is 31.1. The molecule has 6 heteroatoms. The van der Waals surface area contributed by atoms with Crippen LogP contribution in [0.15, 0.2) is 0 Å². The molecule has 2 atom stereocenters. The van der Waals surface area contributed by atoms with Crippen LogP contribution in [0.2, 0.25) is 0 Å². The van der Waals surface area contributed by atoms with Crippen LogP contribution in [0.1, 0.15) is 13.8 Å². The molecule has 0 fully saturated rings. The maximum absolute atomic E-state index is 10.5. The van der Waals surface area contributed by atoms with E-state index in [1.165, 1.54) is 6.66 Å². The van der Waals surface area contributed by atoms with E-state index in [0.29, 0.717) is 6.54 Å². The van der Waals surface area contributed by atoms with Crippen molar-refractivity contribution in [1.29, 1.82) is 0 Å². The molecule has 1 unspecified atom stereocenters. The molecule has 0 aromatic carbocycles. The standard InChI is InChI=1S/C5H12N2O.CH5O2P/c1-3-7-5(8)4(2)6;1-4(2)3/h4H,3,6H2,1-2H3,(H,7,8);4H,1H3,(H,2,3)/t4-;/m0./s1. The van der Waals surface area contributed by atoms with Gasteiger partial charge in [-0.05, 0) is 13.8 Å². The first kappa shape index (κ1) is 14.2. The van der Waals surface area contributed by atoms with E-state index >= 15 is 0 Å². The molecule has 1 amide bonds. The molecule has 0 spiro atoms. The molecule has 0 heterocycles. The number of carbonyl (C=O) groups excluding carboxylic acids is 1. The van der Waals surface area contributed by atoms with Crippen molar-refractivity contribution in [2.45, 2.75) is 19.9 Å². The maximum Gasteiger partial charge on any atom is 0.236 e. The smallest absolute Gasteiger partial charge is 0.236 e. The molecule has 0 rings (SSSR count). The van der Waals surface area contributed by atoms with Crippen LogP contribution in [-0.4, -0.2) is 30.1 Å². The Morgan fingerprint density at radius 3 is 2.17 bits per heavy atom. The Labute approximate surface area is 73.2 Å². The lowest BCUT2D eigenvalue weighted by molar-refractivity contribution is -0.121. The summed E-state index contributed by atoms with van der Waals surface area (Å²) in [6.07, 6.45) is 0. The number of hydrogen-bond donors (Lipinski definition) is 3. The Morgan fingerprint density at radius 2 is 2.08 bits per heavy atom. The second kappa shape index (κ2) is 8.71. The van der Waals surface area contributed by atoms with Crippen molar-refractivity contribution >= 4 is 13.9 Å². The van der Waals surface area contributed by atoms with E-state index in [4.69, 9.17) is 10.6 Å². The number of likely N-dealkylation sites (N-methyl/N-ethyl adjacent to an activating group) is 1. The van der Waals surface area contributed by atoms with Gasteiger partial charge in [0, 0.05) is 13.2 Å². The number of nitrogens with two attached hydrogens (primary N) is 1. The first-order valence-corrected chi connectivity index (χ1v) is 5.50. The van der Waals surface area contributed by atoms with E-state index in [0.717, 1.165) is 0 Å². The fourth-order valence-electron chi connectivity index (χ4n) is 0.335. The van der Waals surface area contributed by atoms with Crippen LogP contribution in [0.5, 0.6) is 0 Å². The van der Waals surface area contributed by atoms with E-state index in [2.05, 4.69) is 5.32 Å². The molecular formula is C6H17N2O3P. The summed E-state index contributed by atoms with van der Waals surface area (Å²) in [6.45, 7) is 5.44. The largest absolute Gasteiger partial charge is 0.355 e. The van der Waals surface area contributed by atoms with Gasteiger partial charge < -0.3 is 15.9 Å². The highest BCUT2D eigenvalue weighted by Crippen LogP contribution is 1.99. The SMILES string of the molecule is CCNC(=O)[C@H](C)N.C[PH](=O)O. The molecule has 0 aromatic heterocycles. The van der Waals surface area contributed by atoms with E-state index < -0.39 is 8.03 Å². The topological polar surface area (TPSA) is 92.4 Å². The minimum Gasteiger partial charge on any atom is -0.355 e. The molecule has 0 saturated carbocycles. The third-order valence-corrected chi connectivity index (χ3v) is 0.765. The van der Waals surface area contributed by atoms with E-state index in [1.54, 1.807) is 6.92 Å². The van der Waals surface area contributed by atoms with Gasteiger partial charge in [0.05, 0.1) is 6.04 Å². The van der Waals surface area contributed by atoms with E-state index in [9.17, 15) is 9.36 Å². The average Bonchev–Trinajstić information content (AvgIpc) is 1.86. The van der Waals surface area contributed by atoms with Crippen LogP contribution < -0.4 is 11.1 Å². The number of hydrogen-bond acceptors (Lipinski definition) is 3. The Hall–Kier alpha value is -0.380. The highest BCUT2D eigenvalue weighted by Gasteiger charge is 2.02. The zero-order valence-corrected chi connectivity index (χ0v) is 8.63. The molecule has 5 nitrogen and oxygen atoms in total. The Bertz CT molecular complexity index is 146. The van der Waals surface area contributed by atoms with Crippen molar-refractivity contribution in [3.8, 4) is 0 Å². The predicted octanol–water partition coefficient (Wildman–Crippen LogP) is -0.447. The summed E-state index contributed by atoms with van der Waals surface area (Å²) in [5, 5.41) is 2.58. The number of carbonyl (C=O) groups is 1. The fourth-order valence-corrected chi connectivity index (χ4v) is 0.335. The molecule has 0 bridgehead atoms. The molecule has 74 valence electrons. The third-order valence-electron chi connectivity index (χ3n) is 0.765. The quantitative estimate of drug-likeness (QED) is 0.522. The fraction of sp³-hybridized carbons (Fsp3) is 0.833. The van der Waals surface area contributed by atoms with E-state index in [1.807, 2.05) is 6.92 Å². The van der Waals surface area contributed by atoms with Crippen LogP contribution in [0.3, 0.4) is 0 Å². The molecule has 4 N–H and O–H groups in total. The summed E-state index contributed by atoms with van der Waals surface area (Å²) in [5.41, 5.74) is 5.21. The first-order chi connectivity index (χ1) is 5.41. The molecular weight excluding hydrogens is 179 g/mol. The van der Waals surface area contributed by atoms with Crippen LogP contribution in [0.4, 0.5) is 0 Å². The van der Waals surface area contributed by atoms with Crippen molar-refractivity contribution < 1.29 is 14.3 Å². The van der Waals surface area contributed by atoms with Gasteiger partial charge in [0.25, 0.3) is 0 Å². The molecule has 0 aliphatic carbocycles. The maximum atomic E-state index is 10.5. The van der Waals surface area contributed by atoms with Crippen LogP contribution in [-0.2, 0) is 9.36 Å².